The van der Waals surface area contributed by atoms with E-state index in [-0.39, 0.29) is 29.6 Å². The van der Waals surface area contributed by atoms with Crippen LogP contribution in [0.15, 0.2) is 0 Å². The maximum absolute atomic E-state index is 10.4. The number of aliphatic carboxylic acids is 1. The maximum Gasteiger partial charge on any atom is 0.303 e. The minimum absolute atomic E-state index is 0. The van der Waals surface area contributed by atoms with E-state index < -0.39 is 5.97 Å². The molecule has 0 saturated carbocycles. The molecular weight excluding hydrogens is 367 g/mol. The Morgan fingerprint density at radius 2 is 0.655 bits per heavy atom. The van der Waals surface area contributed by atoms with Crippen LogP contribution >= 0.6 is 0 Å². The van der Waals surface area contributed by atoms with Gasteiger partial charge in [-0.3, -0.25) is 4.79 Å². The van der Waals surface area contributed by atoms with Crippen LogP contribution in [0.4, 0.5) is 0 Å². The van der Waals surface area contributed by atoms with Crippen LogP contribution in [0.3, 0.4) is 0 Å². The van der Waals surface area contributed by atoms with E-state index in [0.717, 1.165) is 12.8 Å². The molecule has 1 N–H and O–H groups in total. The zero-order chi connectivity index (χ0) is 20.5. The number of rotatable bonds is 24. The van der Waals surface area contributed by atoms with Gasteiger partial charge in [0, 0.05) is 36.0 Å². The van der Waals surface area contributed by atoms with E-state index in [9.17, 15) is 4.79 Å². The fourth-order valence-corrected chi connectivity index (χ4v) is 4.06. The summed E-state index contributed by atoms with van der Waals surface area (Å²) in [6, 6.07) is 0. The van der Waals surface area contributed by atoms with Crippen molar-refractivity contribution in [1.82, 2.24) is 0 Å². The first-order chi connectivity index (χ1) is 13.8. The number of carboxylic acids is 1. The van der Waals surface area contributed by atoms with Gasteiger partial charge in [-0.15, -0.1) is 0 Å². The first-order valence-electron chi connectivity index (χ1n) is 13.0. The van der Waals surface area contributed by atoms with Gasteiger partial charge < -0.3 is 5.11 Å². The monoisotopic (exact) mass is 419 g/mol. The van der Waals surface area contributed by atoms with E-state index in [0.29, 0.717) is 6.42 Å². The van der Waals surface area contributed by atoms with Crippen molar-refractivity contribution in [3.05, 3.63) is 0 Å². The Labute approximate surface area is 205 Å². The van der Waals surface area contributed by atoms with Crippen molar-refractivity contribution in [3.63, 3.8) is 0 Å². The van der Waals surface area contributed by atoms with Gasteiger partial charge >= 0.3 is 5.97 Å². The molecule has 0 amide bonds. The van der Waals surface area contributed by atoms with Gasteiger partial charge in [-0.1, -0.05) is 148 Å². The summed E-state index contributed by atoms with van der Waals surface area (Å²) in [5.74, 6) is -0.650. The summed E-state index contributed by atoms with van der Waals surface area (Å²) in [6.07, 6.45) is 32.0. The van der Waals surface area contributed by atoms with Gasteiger partial charge in [-0.25, -0.2) is 0 Å². The van der Waals surface area contributed by atoms with Crippen molar-refractivity contribution in [2.75, 3.05) is 0 Å². The molecule has 0 aliphatic rings. The third-order valence-electron chi connectivity index (χ3n) is 5.99. The quantitative estimate of drug-likeness (QED) is 0.125. The summed E-state index contributed by atoms with van der Waals surface area (Å²) >= 11 is 0. The van der Waals surface area contributed by atoms with E-state index in [1.807, 2.05) is 0 Å². The normalized spacial score (nSPS) is 10.8. The van der Waals surface area contributed by atoms with Crippen molar-refractivity contribution in [1.29, 1.82) is 0 Å². The topological polar surface area (TPSA) is 37.3 Å². The van der Waals surface area contributed by atoms with Crippen LogP contribution in [-0.2, 0) is 4.79 Å². The predicted molar refractivity (Wildman–Crippen MR) is 130 cm³/mol. The van der Waals surface area contributed by atoms with Crippen molar-refractivity contribution in [3.8, 4) is 0 Å². The minimum Gasteiger partial charge on any atom is -0.481 e. The molecule has 0 aliphatic heterocycles. The summed E-state index contributed by atoms with van der Waals surface area (Å²) in [7, 11) is 0. The first-order valence-corrected chi connectivity index (χ1v) is 13.0. The van der Waals surface area contributed by atoms with Crippen LogP contribution in [-0.4, -0.2) is 40.6 Å². The molecule has 0 aromatic heterocycles. The van der Waals surface area contributed by atoms with Crippen molar-refractivity contribution in [2.24, 2.45) is 0 Å². The zero-order valence-corrected chi connectivity index (χ0v) is 22.3. The summed E-state index contributed by atoms with van der Waals surface area (Å²) in [5.41, 5.74) is 0. The average molecular weight is 420 g/mol. The Morgan fingerprint density at radius 1 is 0.448 bits per heavy atom. The van der Waals surface area contributed by atoms with Crippen LogP contribution < -0.4 is 0 Å². The van der Waals surface area contributed by atoms with Crippen LogP contribution in [0.5, 0.6) is 0 Å². The molecule has 2 nitrogen and oxygen atoms in total. The molecule has 0 heterocycles. The SMILES string of the molecule is CCCCCCCCCCCCCCCCCCCCCCCCCC(=O)O.[Na]. The standard InChI is InChI=1S/C26H52O2.Na/c1-2-3-4-5-6-7-8-9-10-11-12-13-14-15-16-17-18-19-20-21-22-23-24-25-26(27)28;/h2-25H2,1H3,(H,27,28);. The largest absolute Gasteiger partial charge is 0.481 e. The molecule has 3 heteroatoms. The van der Waals surface area contributed by atoms with E-state index in [1.165, 1.54) is 135 Å². The number of carboxylic acid groups (broad SMARTS) is 1. The molecule has 0 spiro atoms. The molecule has 0 rings (SSSR count). The van der Waals surface area contributed by atoms with Gasteiger partial charge in [0.05, 0.1) is 0 Å². The van der Waals surface area contributed by atoms with Crippen molar-refractivity contribution in [2.45, 2.75) is 161 Å². The van der Waals surface area contributed by atoms with Gasteiger partial charge in [0.25, 0.3) is 0 Å². The maximum atomic E-state index is 10.4. The fourth-order valence-electron chi connectivity index (χ4n) is 4.06. The van der Waals surface area contributed by atoms with E-state index in [4.69, 9.17) is 5.11 Å². The molecule has 0 unspecified atom stereocenters. The van der Waals surface area contributed by atoms with Gasteiger partial charge in [-0.05, 0) is 6.42 Å². The van der Waals surface area contributed by atoms with E-state index in [1.54, 1.807) is 0 Å². The summed E-state index contributed by atoms with van der Waals surface area (Å²) < 4.78 is 0. The van der Waals surface area contributed by atoms with Gasteiger partial charge in [0.15, 0.2) is 0 Å². The molecule has 169 valence electrons. The van der Waals surface area contributed by atoms with Crippen LogP contribution in [0.2, 0.25) is 0 Å². The third kappa shape index (κ3) is 30.7. The van der Waals surface area contributed by atoms with Gasteiger partial charge in [-0.2, -0.15) is 0 Å². The van der Waals surface area contributed by atoms with Crippen LogP contribution in [0, 0.1) is 0 Å². The van der Waals surface area contributed by atoms with Gasteiger partial charge in [0.1, 0.15) is 0 Å². The Kier molecular flexibility index (Phi) is 31.1. The number of carbonyl (C=O) groups is 1. The molecular formula is C26H52NaO2. The molecule has 29 heavy (non-hydrogen) atoms. The first kappa shape index (κ1) is 31.7. The molecule has 0 aromatic rings. The molecule has 0 bridgehead atoms. The molecule has 0 aliphatic carbocycles. The van der Waals surface area contributed by atoms with Gasteiger partial charge in [0.2, 0.25) is 0 Å². The van der Waals surface area contributed by atoms with Crippen LogP contribution in [0.25, 0.3) is 0 Å². The number of unbranched alkanes of at least 4 members (excludes halogenated alkanes) is 22. The average Bonchev–Trinajstić information content (AvgIpc) is 2.68. The Hall–Kier alpha value is 0.470. The second-order valence-corrected chi connectivity index (χ2v) is 8.92. The molecule has 0 fully saturated rings. The van der Waals surface area contributed by atoms with Crippen LogP contribution in [0.1, 0.15) is 161 Å². The Morgan fingerprint density at radius 3 is 0.862 bits per heavy atom. The number of hydrogen-bond donors (Lipinski definition) is 1. The molecule has 0 atom stereocenters. The van der Waals surface area contributed by atoms with E-state index >= 15 is 0 Å². The van der Waals surface area contributed by atoms with E-state index in [2.05, 4.69) is 6.92 Å². The smallest absolute Gasteiger partial charge is 0.303 e. The minimum atomic E-state index is -0.650. The van der Waals surface area contributed by atoms with Crippen molar-refractivity contribution < 1.29 is 9.90 Å². The predicted octanol–water partition coefficient (Wildman–Crippen LogP) is 9.07. The van der Waals surface area contributed by atoms with Crippen molar-refractivity contribution >= 4 is 35.5 Å². The fraction of sp³-hybridized carbons (Fsp3) is 0.962. The third-order valence-corrected chi connectivity index (χ3v) is 5.99. The Bertz CT molecular complexity index is 307. The molecule has 1 radical (unpaired) electrons. The molecule has 0 aromatic carbocycles. The second-order valence-electron chi connectivity index (χ2n) is 8.92. The second kappa shape index (κ2) is 28.5. The molecule has 0 saturated heterocycles. The zero-order valence-electron chi connectivity index (χ0n) is 20.3. The summed E-state index contributed by atoms with van der Waals surface area (Å²) in [4.78, 5) is 10.4. The summed E-state index contributed by atoms with van der Waals surface area (Å²) in [6.45, 7) is 2.29. The Balaban J connectivity index is 0. The summed E-state index contributed by atoms with van der Waals surface area (Å²) in [5, 5.41) is 8.59. The number of hydrogen-bond acceptors (Lipinski definition) is 1.